The van der Waals surface area contributed by atoms with Crippen molar-refractivity contribution in [2.24, 2.45) is 0 Å². The van der Waals surface area contributed by atoms with E-state index in [0.717, 1.165) is 4.47 Å². The second-order valence-corrected chi connectivity index (χ2v) is 8.01. The topological polar surface area (TPSA) is 75.3 Å². The molecule has 0 radical (unpaired) electrons. The molecule has 0 atom stereocenters. The van der Waals surface area contributed by atoms with Gasteiger partial charge in [-0.25, -0.2) is 0 Å². The summed E-state index contributed by atoms with van der Waals surface area (Å²) in [7, 11) is 0. The summed E-state index contributed by atoms with van der Waals surface area (Å²) >= 11 is 9.26. The molecule has 0 aliphatic rings. The van der Waals surface area contributed by atoms with Gasteiger partial charge in [0.05, 0.1) is 0 Å². The minimum atomic E-state index is -0.504. The molecule has 0 spiro atoms. The smallest absolute Gasteiger partial charge is 0.272 e. The van der Waals surface area contributed by atoms with E-state index in [0.29, 0.717) is 27.4 Å². The summed E-state index contributed by atoms with van der Waals surface area (Å²) in [6.07, 6.45) is 1.56. The quantitative estimate of drug-likeness (QED) is 0.338. The number of benzene rings is 3. The summed E-state index contributed by atoms with van der Waals surface area (Å²) in [6, 6.07) is 20.2. The van der Waals surface area contributed by atoms with Crippen molar-refractivity contribution in [3.05, 3.63) is 105 Å². The van der Waals surface area contributed by atoms with Crippen LogP contribution >= 0.6 is 27.5 Å². The van der Waals surface area contributed by atoms with Crippen molar-refractivity contribution >= 4 is 56.9 Å². The van der Waals surface area contributed by atoms with Crippen LogP contribution in [0.15, 0.2) is 83.0 Å². The first-order chi connectivity index (χ1) is 14.8. The Balaban J connectivity index is 1.86. The van der Waals surface area contributed by atoms with Gasteiger partial charge in [0.1, 0.15) is 5.70 Å². The lowest BCUT2D eigenvalue weighted by atomic mass is 10.1. The van der Waals surface area contributed by atoms with Crippen LogP contribution in [-0.4, -0.2) is 17.6 Å². The highest BCUT2D eigenvalue weighted by Crippen LogP contribution is 2.16. The molecule has 3 aromatic carbocycles. The molecule has 3 aromatic rings. The van der Waals surface area contributed by atoms with E-state index < -0.39 is 11.8 Å². The van der Waals surface area contributed by atoms with Crippen molar-refractivity contribution in [1.82, 2.24) is 5.32 Å². The van der Waals surface area contributed by atoms with Crippen LogP contribution in [0.25, 0.3) is 6.08 Å². The Kier molecular flexibility index (Phi) is 7.39. The first-order valence-corrected chi connectivity index (χ1v) is 10.5. The average molecular weight is 498 g/mol. The van der Waals surface area contributed by atoms with Crippen LogP contribution in [0.1, 0.15) is 33.2 Å². The molecule has 2 amide bonds. The van der Waals surface area contributed by atoms with E-state index in [-0.39, 0.29) is 11.5 Å². The van der Waals surface area contributed by atoms with Crippen molar-refractivity contribution in [3.63, 3.8) is 0 Å². The maximum atomic E-state index is 12.9. The largest absolute Gasteiger partial charge is 0.321 e. The molecular weight excluding hydrogens is 480 g/mol. The zero-order chi connectivity index (χ0) is 22.4. The number of ketones is 1. The van der Waals surface area contributed by atoms with Crippen molar-refractivity contribution in [3.8, 4) is 0 Å². The van der Waals surface area contributed by atoms with Gasteiger partial charge in [-0.2, -0.15) is 0 Å². The maximum absolute atomic E-state index is 12.9. The highest BCUT2D eigenvalue weighted by molar-refractivity contribution is 9.10. The lowest BCUT2D eigenvalue weighted by Gasteiger charge is -2.12. The second-order valence-electron chi connectivity index (χ2n) is 6.66. The summed E-state index contributed by atoms with van der Waals surface area (Å²) in [4.78, 5) is 37.0. The van der Waals surface area contributed by atoms with E-state index in [1.54, 1.807) is 78.9 Å². The Hall–Kier alpha value is -3.22. The number of carbonyl (C=O) groups is 3. The molecule has 0 saturated carbocycles. The molecule has 156 valence electrons. The van der Waals surface area contributed by atoms with Crippen LogP contribution in [-0.2, 0) is 4.79 Å². The summed E-state index contributed by atoms with van der Waals surface area (Å²) in [6.45, 7) is 1.47. The standard InChI is InChI=1S/C24H18BrClN2O3/c1-15(29)17-6-12-21(13-7-17)27-24(31)22(14-16-2-10-20(26)11-3-16)28-23(30)18-4-8-19(25)9-5-18/h2-14H,1H3,(H,27,31)(H,28,30)/b22-14-. The van der Waals surface area contributed by atoms with Gasteiger partial charge in [0, 0.05) is 26.3 Å². The molecule has 0 aliphatic carbocycles. The SMILES string of the molecule is CC(=O)c1ccc(NC(=O)/C(=C/c2ccc(Cl)cc2)NC(=O)c2ccc(Br)cc2)cc1. The lowest BCUT2D eigenvalue weighted by molar-refractivity contribution is -0.113. The van der Waals surface area contributed by atoms with Gasteiger partial charge in [0.15, 0.2) is 5.78 Å². The van der Waals surface area contributed by atoms with E-state index in [2.05, 4.69) is 26.6 Å². The Morgan fingerprint density at radius 1 is 0.839 bits per heavy atom. The van der Waals surface area contributed by atoms with Gasteiger partial charge in [-0.15, -0.1) is 0 Å². The van der Waals surface area contributed by atoms with Gasteiger partial charge in [0.2, 0.25) is 0 Å². The third-order valence-corrected chi connectivity index (χ3v) is 5.11. The first kappa shape index (κ1) is 22.5. The van der Waals surface area contributed by atoms with E-state index in [9.17, 15) is 14.4 Å². The van der Waals surface area contributed by atoms with Gasteiger partial charge in [0.25, 0.3) is 11.8 Å². The van der Waals surface area contributed by atoms with Gasteiger partial charge < -0.3 is 10.6 Å². The first-order valence-electron chi connectivity index (χ1n) is 9.28. The number of nitrogens with one attached hydrogen (secondary N) is 2. The number of carbonyl (C=O) groups excluding carboxylic acids is 3. The molecule has 0 aliphatic heterocycles. The Bertz CT molecular complexity index is 1140. The fraction of sp³-hybridized carbons (Fsp3) is 0.0417. The van der Waals surface area contributed by atoms with Crippen molar-refractivity contribution in [2.45, 2.75) is 6.92 Å². The highest BCUT2D eigenvalue weighted by Gasteiger charge is 2.15. The van der Waals surface area contributed by atoms with Crippen LogP contribution in [0.4, 0.5) is 5.69 Å². The molecule has 0 aromatic heterocycles. The molecule has 0 saturated heterocycles. The molecular formula is C24H18BrClN2O3. The van der Waals surface area contributed by atoms with Gasteiger partial charge in [-0.3, -0.25) is 14.4 Å². The summed E-state index contributed by atoms with van der Waals surface area (Å²) in [5.74, 6) is -0.992. The van der Waals surface area contributed by atoms with Crippen LogP contribution in [0.2, 0.25) is 5.02 Å². The maximum Gasteiger partial charge on any atom is 0.272 e. The number of amides is 2. The molecule has 0 unspecified atom stereocenters. The van der Waals surface area contributed by atoms with E-state index in [1.807, 2.05) is 0 Å². The predicted octanol–water partition coefficient (Wildman–Crippen LogP) is 5.71. The molecule has 0 bridgehead atoms. The number of rotatable bonds is 6. The molecule has 5 nitrogen and oxygen atoms in total. The molecule has 3 rings (SSSR count). The van der Waals surface area contributed by atoms with Gasteiger partial charge >= 0.3 is 0 Å². The number of anilines is 1. The van der Waals surface area contributed by atoms with Crippen molar-refractivity contribution in [1.29, 1.82) is 0 Å². The summed E-state index contributed by atoms with van der Waals surface area (Å²) in [5.41, 5.74) is 2.20. The molecule has 0 heterocycles. The Labute approximate surface area is 193 Å². The van der Waals surface area contributed by atoms with Crippen molar-refractivity contribution < 1.29 is 14.4 Å². The summed E-state index contributed by atoms with van der Waals surface area (Å²) < 4.78 is 0.840. The minimum Gasteiger partial charge on any atom is -0.321 e. The molecule has 0 fully saturated rings. The van der Waals surface area contributed by atoms with Crippen LogP contribution in [0.3, 0.4) is 0 Å². The van der Waals surface area contributed by atoms with Crippen LogP contribution in [0, 0.1) is 0 Å². The Morgan fingerprint density at radius 2 is 1.42 bits per heavy atom. The van der Waals surface area contributed by atoms with Gasteiger partial charge in [-0.05, 0) is 79.2 Å². The van der Waals surface area contributed by atoms with E-state index in [4.69, 9.17) is 11.6 Å². The average Bonchev–Trinajstić information content (AvgIpc) is 2.75. The number of hydrogen-bond acceptors (Lipinski definition) is 3. The van der Waals surface area contributed by atoms with E-state index in [1.165, 1.54) is 6.92 Å². The third kappa shape index (κ3) is 6.38. The molecule has 31 heavy (non-hydrogen) atoms. The van der Waals surface area contributed by atoms with Gasteiger partial charge in [-0.1, -0.05) is 39.7 Å². The fourth-order valence-electron chi connectivity index (χ4n) is 2.67. The second kappa shape index (κ2) is 10.2. The Morgan fingerprint density at radius 3 is 2.00 bits per heavy atom. The van der Waals surface area contributed by atoms with Crippen LogP contribution < -0.4 is 10.6 Å². The molecule has 7 heteroatoms. The lowest BCUT2D eigenvalue weighted by Crippen LogP contribution is -2.30. The predicted molar refractivity (Wildman–Crippen MR) is 126 cm³/mol. The monoisotopic (exact) mass is 496 g/mol. The van der Waals surface area contributed by atoms with Crippen LogP contribution in [0.5, 0.6) is 0 Å². The number of Topliss-reactive ketones (excluding diaryl/α,β-unsaturated/α-hetero) is 1. The summed E-state index contributed by atoms with van der Waals surface area (Å²) in [5, 5.41) is 5.97. The zero-order valence-electron chi connectivity index (χ0n) is 16.5. The van der Waals surface area contributed by atoms with Crippen molar-refractivity contribution in [2.75, 3.05) is 5.32 Å². The highest BCUT2D eigenvalue weighted by atomic mass is 79.9. The molecule has 2 N–H and O–H groups in total. The fourth-order valence-corrected chi connectivity index (χ4v) is 3.06. The number of hydrogen-bond donors (Lipinski definition) is 2. The van der Waals surface area contributed by atoms with E-state index >= 15 is 0 Å². The number of halogens is 2. The zero-order valence-corrected chi connectivity index (χ0v) is 18.8. The normalized spacial score (nSPS) is 11.0. The third-order valence-electron chi connectivity index (χ3n) is 4.33. The minimum absolute atomic E-state index is 0.0610.